The second kappa shape index (κ2) is 9.82. The van der Waals surface area contributed by atoms with Crippen molar-refractivity contribution in [3.05, 3.63) is 53.6 Å². The first-order valence-electron chi connectivity index (χ1n) is 9.75. The molecule has 0 bridgehead atoms. The molecule has 1 aliphatic rings. The number of rotatable bonds is 8. The summed E-state index contributed by atoms with van der Waals surface area (Å²) in [7, 11) is 3.20. The zero-order valence-corrected chi connectivity index (χ0v) is 17.0. The van der Waals surface area contributed by atoms with E-state index in [-0.39, 0.29) is 5.91 Å². The van der Waals surface area contributed by atoms with Crippen molar-refractivity contribution in [1.29, 1.82) is 0 Å². The first-order chi connectivity index (χ1) is 14.1. The highest BCUT2D eigenvalue weighted by atomic mass is 16.5. The van der Waals surface area contributed by atoms with Gasteiger partial charge >= 0.3 is 0 Å². The van der Waals surface area contributed by atoms with Gasteiger partial charge in [0.1, 0.15) is 0 Å². The Hall–Kier alpha value is -3.22. The number of para-hydroxylation sites is 1. The highest BCUT2D eigenvalue weighted by Crippen LogP contribution is 2.28. The van der Waals surface area contributed by atoms with Crippen LogP contribution in [-0.2, 0) is 17.8 Å². The molecule has 1 aliphatic heterocycles. The number of nitrogens with one attached hydrogen (secondary N) is 1. The molecule has 0 unspecified atom stereocenters. The third-order valence-corrected chi connectivity index (χ3v) is 4.94. The minimum atomic E-state index is 0.151. The predicted octanol–water partition coefficient (Wildman–Crippen LogP) is 2.48. The number of anilines is 1. The van der Waals surface area contributed by atoms with Crippen LogP contribution in [0.4, 0.5) is 5.69 Å². The number of hydrogen-bond acceptors (Lipinski definition) is 4. The van der Waals surface area contributed by atoms with Crippen LogP contribution in [0.15, 0.2) is 47.5 Å². The van der Waals surface area contributed by atoms with E-state index >= 15 is 0 Å². The summed E-state index contributed by atoms with van der Waals surface area (Å²) in [5.74, 6) is 1.85. The Labute approximate surface area is 171 Å². The van der Waals surface area contributed by atoms with Crippen molar-refractivity contribution in [2.75, 3.05) is 32.2 Å². The minimum absolute atomic E-state index is 0.151. The molecule has 3 N–H and O–H groups in total. The number of carbonyl (C=O) groups excluding carboxylic acids is 1. The summed E-state index contributed by atoms with van der Waals surface area (Å²) in [6.45, 7) is 1.80. The fourth-order valence-electron chi connectivity index (χ4n) is 3.40. The number of guanidine groups is 1. The Morgan fingerprint density at radius 2 is 1.97 bits per heavy atom. The monoisotopic (exact) mass is 396 g/mol. The number of benzene rings is 2. The molecule has 7 heteroatoms. The lowest BCUT2D eigenvalue weighted by Gasteiger charge is -2.17. The van der Waals surface area contributed by atoms with Crippen LogP contribution in [0.3, 0.4) is 0 Å². The van der Waals surface area contributed by atoms with E-state index in [4.69, 9.17) is 15.2 Å². The molecule has 0 saturated heterocycles. The molecule has 0 aliphatic carbocycles. The van der Waals surface area contributed by atoms with Gasteiger partial charge < -0.3 is 25.4 Å². The lowest BCUT2D eigenvalue weighted by atomic mass is 10.2. The number of fused-ring (bicyclic) bond motifs is 1. The van der Waals surface area contributed by atoms with Crippen LogP contribution in [0, 0.1) is 0 Å². The molecule has 0 spiro atoms. The molecule has 1 heterocycles. The van der Waals surface area contributed by atoms with Gasteiger partial charge in [-0.25, -0.2) is 4.99 Å². The van der Waals surface area contributed by atoms with Gasteiger partial charge in [0.05, 0.1) is 20.8 Å². The van der Waals surface area contributed by atoms with E-state index in [2.05, 4.69) is 16.4 Å². The lowest BCUT2D eigenvalue weighted by molar-refractivity contribution is -0.118. The van der Waals surface area contributed by atoms with Gasteiger partial charge in [-0.3, -0.25) is 4.79 Å². The smallest absolute Gasteiger partial charge is 0.227 e. The normalized spacial score (nSPS) is 13.2. The summed E-state index contributed by atoms with van der Waals surface area (Å²) >= 11 is 0. The maximum Gasteiger partial charge on any atom is 0.227 e. The summed E-state index contributed by atoms with van der Waals surface area (Å²) < 4.78 is 10.5. The maximum absolute atomic E-state index is 12.5. The molecular formula is C22H28N4O3. The van der Waals surface area contributed by atoms with Gasteiger partial charge in [0.2, 0.25) is 5.91 Å². The fourth-order valence-corrected chi connectivity index (χ4v) is 3.40. The van der Waals surface area contributed by atoms with Crippen LogP contribution in [0.25, 0.3) is 0 Å². The summed E-state index contributed by atoms with van der Waals surface area (Å²) in [5, 5.41) is 3.07. The topological polar surface area (TPSA) is 89.2 Å². The van der Waals surface area contributed by atoms with Crippen LogP contribution in [0.1, 0.15) is 24.0 Å². The molecule has 0 saturated carbocycles. The first kappa shape index (κ1) is 20.5. The van der Waals surface area contributed by atoms with E-state index in [0.717, 1.165) is 24.2 Å². The Morgan fingerprint density at radius 3 is 2.76 bits per heavy atom. The largest absolute Gasteiger partial charge is 0.493 e. The van der Waals surface area contributed by atoms with E-state index < -0.39 is 0 Å². The molecule has 29 heavy (non-hydrogen) atoms. The lowest BCUT2D eigenvalue weighted by Crippen LogP contribution is -2.34. The number of nitrogens with two attached hydrogens (primary N) is 1. The van der Waals surface area contributed by atoms with E-state index in [1.807, 2.05) is 41.3 Å². The molecule has 3 rings (SSSR count). The van der Waals surface area contributed by atoms with Gasteiger partial charge in [0, 0.05) is 25.2 Å². The molecule has 2 aromatic rings. The van der Waals surface area contributed by atoms with Crippen LogP contribution in [0.2, 0.25) is 0 Å². The van der Waals surface area contributed by atoms with Gasteiger partial charge in [-0.1, -0.05) is 24.3 Å². The van der Waals surface area contributed by atoms with Gasteiger partial charge in [-0.2, -0.15) is 0 Å². The number of hydrogen-bond donors (Lipinski definition) is 2. The van der Waals surface area contributed by atoms with Crippen molar-refractivity contribution in [2.24, 2.45) is 10.7 Å². The quantitative estimate of drug-likeness (QED) is 0.407. The molecule has 2 aromatic carbocycles. The molecular weight excluding hydrogens is 368 g/mol. The Morgan fingerprint density at radius 1 is 1.17 bits per heavy atom. The van der Waals surface area contributed by atoms with Gasteiger partial charge in [-0.15, -0.1) is 0 Å². The first-order valence-corrected chi connectivity index (χ1v) is 9.75. The number of carbonyl (C=O) groups is 1. The minimum Gasteiger partial charge on any atom is -0.493 e. The van der Waals surface area contributed by atoms with Crippen LogP contribution in [-0.4, -0.2) is 39.2 Å². The fraction of sp³-hybridized carbons (Fsp3) is 0.364. The van der Waals surface area contributed by atoms with Crippen molar-refractivity contribution in [3.63, 3.8) is 0 Å². The maximum atomic E-state index is 12.5. The Bertz CT molecular complexity index is 882. The number of nitrogens with zero attached hydrogens (tertiary/aromatic N) is 2. The average molecular weight is 396 g/mol. The summed E-state index contributed by atoms with van der Waals surface area (Å²) in [6.07, 6.45) is 2.10. The Balaban J connectivity index is 1.42. The van der Waals surface area contributed by atoms with Gasteiger partial charge in [0.25, 0.3) is 0 Å². The summed E-state index contributed by atoms with van der Waals surface area (Å²) in [6, 6.07) is 13.7. The zero-order valence-electron chi connectivity index (χ0n) is 17.0. The molecule has 0 radical (unpaired) electrons. The average Bonchev–Trinajstić information content (AvgIpc) is 3.19. The van der Waals surface area contributed by atoms with Gasteiger partial charge in [0.15, 0.2) is 17.5 Å². The van der Waals surface area contributed by atoms with Crippen molar-refractivity contribution >= 4 is 17.6 Å². The third-order valence-electron chi connectivity index (χ3n) is 4.94. The molecule has 0 atom stereocenters. The number of methoxy groups -OCH3 is 2. The van der Waals surface area contributed by atoms with Crippen molar-refractivity contribution < 1.29 is 14.3 Å². The summed E-state index contributed by atoms with van der Waals surface area (Å²) in [5.41, 5.74) is 9.19. The van der Waals surface area contributed by atoms with E-state index in [1.165, 1.54) is 5.56 Å². The predicted molar refractivity (Wildman–Crippen MR) is 115 cm³/mol. The second-order valence-corrected chi connectivity index (χ2v) is 6.85. The molecule has 1 amide bonds. The molecule has 0 aromatic heterocycles. The SMILES string of the molecule is COc1ccc(CN=C(N)NCCCC(=O)N2CCc3ccccc32)cc1OC. The highest BCUT2D eigenvalue weighted by molar-refractivity contribution is 5.95. The van der Waals surface area contributed by atoms with Crippen molar-refractivity contribution in [2.45, 2.75) is 25.8 Å². The summed E-state index contributed by atoms with van der Waals surface area (Å²) in [4.78, 5) is 18.7. The molecule has 0 fully saturated rings. The molecule has 154 valence electrons. The van der Waals surface area contributed by atoms with E-state index in [0.29, 0.717) is 43.4 Å². The zero-order chi connectivity index (χ0) is 20.6. The molecule has 7 nitrogen and oxygen atoms in total. The van der Waals surface area contributed by atoms with Crippen LogP contribution >= 0.6 is 0 Å². The van der Waals surface area contributed by atoms with Crippen LogP contribution in [0.5, 0.6) is 11.5 Å². The Kier molecular flexibility index (Phi) is 6.94. The number of aliphatic imine (C=N–C) groups is 1. The van der Waals surface area contributed by atoms with E-state index in [1.54, 1.807) is 14.2 Å². The number of amides is 1. The van der Waals surface area contributed by atoms with Gasteiger partial charge in [-0.05, 0) is 42.2 Å². The second-order valence-electron chi connectivity index (χ2n) is 6.85. The standard InChI is InChI=1S/C22H28N4O3/c1-28-19-10-9-16(14-20(19)29-2)15-25-22(23)24-12-5-8-21(27)26-13-11-17-6-3-4-7-18(17)26/h3-4,6-7,9-10,14H,5,8,11-13,15H2,1-2H3,(H3,23,24,25). The van der Waals surface area contributed by atoms with E-state index in [9.17, 15) is 4.79 Å². The third kappa shape index (κ3) is 5.19. The van der Waals surface area contributed by atoms with Crippen LogP contribution < -0.4 is 25.4 Å². The highest BCUT2D eigenvalue weighted by Gasteiger charge is 2.23. The van der Waals surface area contributed by atoms with Crippen molar-refractivity contribution in [1.82, 2.24) is 5.32 Å². The van der Waals surface area contributed by atoms with Crippen molar-refractivity contribution in [3.8, 4) is 11.5 Å². The number of ether oxygens (including phenoxy) is 2.